The number of ether oxygens (including phenoxy) is 3. The molecule has 0 radical (unpaired) electrons. The van der Waals surface area contributed by atoms with E-state index in [0.29, 0.717) is 36.0 Å². The lowest BCUT2D eigenvalue weighted by Crippen LogP contribution is -2.41. The van der Waals surface area contributed by atoms with Gasteiger partial charge in [-0.25, -0.2) is 14.3 Å². The highest BCUT2D eigenvalue weighted by molar-refractivity contribution is 5.90. The average Bonchev–Trinajstić information content (AvgIpc) is 3.46. The molecule has 33 heavy (non-hydrogen) atoms. The smallest absolute Gasteiger partial charge is 0.345 e. The van der Waals surface area contributed by atoms with Crippen molar-refractivity contribution in [3.8, 4) is 17.2 Å². The zero-order valence-electron chi connectivity index (χ0n) is 19.8. The Labute approximate surface area is 193 Å². The molecule has 1 aliphatic heterocycles. The number of rotatable bonds is 6. The third-order valence-electron chi connectivity index (χ3n) is 6.74. The van der Waals surface area contributed by atoms with Crippen molar-refractivity contribution in [2.24, 2.45) is 7.05 Å². The third-order valence-corrected chi connectivity index (χ3v) is 6.74. The Balaban J connectivity index is 1.43. The molecule has 0 bridgehead atoms. The second-order valence-electron chi connectivity index (χ2n) is 8.68. The molecule has 2 heterocycles. The molecule has 2 fully saturated rings. The summed E-state index contributed by atoms with van der Waals surface area (Å²) in [6, 6.07) is 3.49. The molecule has 180 valence electrons. The van der Waals surface area contributed by atoms with Crippen molar-refractivity contribution in [1.29, 1.82) is 0 Å². The summed E-state index contributed by atoms with van der Waals surface area (Å²) in [7, 11) is 6.33. The maximum atomic E-state index is 12.9. The summed E-state index contributed by atoms with van der Waals surface area (Å²) >= 11 is 0. The largest absolute Gasteiger partial charge is 0.493 e. The highest BCUT2D eigenvalue weighted by atomic mass is 16.5. The van der Waals surface area contributed by atoms with Crippen LogP contribution in [0.3, 0.4) is 0 Å². The first-order valence-corrected chi connectivity index (χ1v) is 11.5. The Hall–Kier alpha value is -3.17. The van der Waals surface area contributed by atoms with Gasteiger partial charge in [0.1, 0.15) is 5.82 Å². The molecule has 1 saturated heterocycles. The molecule has 4 rings (SSSR count). The number of nitrogens with one attached hydrogen (secondary N) is 1. The molecule has 1 N–H and O–H groups in total. The van der Waals surface area contributed by atoms with E-state index in [-0.39, 0.29) is 23.7 Å². The van der Waals surface area contributed by atoms with Crippen LogP contribution in [0.4, 0.5) is 10.5 Å². The number of urea groups is 1. The second kappa shape index (κ2) is 9.76. The number of hydrogen-bond donors (Lipinski definition) is 1. The number of nitrogens with zero attached hydrogens (tertiary/aromatic N) is 4. The van der Waals surface area contributed by atoms with Crippen LogP contribution in [-0.2, 0) is 7.05 Å². The molecule has 1 aromatic carbocycles. The van der Waals surface area contributed by atoms with Gasteiger partial charge in [0.2, 0.25) is 5.75 Å². The number of hydrogen-bond acceptors (Lipinski definition) is 6. The lowest BCUT2D eigenvalue weighted by molar-refractivity contribution is 0.192. The Morgan fingerprint density at radius 1 is 1.00 bits per heavy atom. The standard InChI is InChI=1S/C23H33N5O5/c1-26-23(30)28(17-7-5-6-8-17)21(25-26)15-9-11-27(12-10-15)22(29)24-16-13-18(31-2)20(33-4)19(14-16)32-3/h13-15,17H,5-12H2,1-4H3,(H,24,29). The van der Waals surface area contributed by atoms with Crippen LogP contribution in [0.5, 0.6) is 17.2 Å². The molecule has 1 saturated carbocycles. The van der Waals surface area contributed by atoms with Gasteiger partial charge in [-0.1, -0.05) is 12.8 Å². The molecule has 0 atom stereocenters. The molecule has 2 aromatic rings. The molecule has 0 unspecified atom stereocenters. The van der Waals surface area contributed by atoms with Gasteiger partial charge in [-0.3, -0.25) is 4.57 Å². The number of carbonyl (C=O) groups excluding carboxylic acids is 1. The van der Waals surface area contributed by atoms with Crippen LogP contribution in [0.25, 0.3) is 0 Å². The number of methoxy groups -OCH3 is 3. The number of carbonyl (C=O) groups is 1. The molecular weight excluding hydrogens is 426 g/mol. The van der Waals surface area contributed by atoms with Gasteiger partial charge in [-0.15, -0.1) is 0 Å². The third kappa shape index (κ3) is 4.51. The van der Waals surface area contributed by atoms with E-state index in [2.05, 4.69) is 10.4 Å². The summed E-state index contributed by atoms with van der Waals surface area (Å²) < 4.78 is 19.5. The van der Waals surface area contributed by atoms with E-state index in [1.165, 1.54) is 26.0 Å². The second-order valence-corrected chi connectivity index (χ2v) is 8.68. The number of piperidine rings is 1. The topological polar surface area (TPSA) is 99.9 Å². The Morgan fingerprint density at radius 3 is 2.15 bits per heavy atom. The zero-order chi connectivity index (χ0) is 23.5. The minimum Gasteiger partial charge on any atom is -0.493 e. The van der Waals surface area contributed by atoms with Crippen molar-refractivity contribution in [3.63, 3.8) is 0 Å². The van der Waals surface area contributed by atoms with Gasteiger partial charge < -0.3 is 24.4 Å². The maximum Gasteiger partial charge on any atom is 0.345 e. The first kappa shape index (κ1) is 23.0. The molecule has 2 amide bonds. The van der Waals surface area contributed by atoms with Gasteiger partial charge >= 0.3 is 11.7 Å². The van der Waals surface area contributed by atoms with Crippen molar-refractivity contribution in [2.75, 3.05) is 39.7 Å². The van der Waals surface area contributed by atoms with E-state index in [9.17, 15) is 9.59 Å². The van der Waals surface area contributed by atoms with Crippen LogP contribution in [0.15, 0.2) is 16.9 Å². The highest BCUT2D eigenvalue weighted by Gasteiger charge is 2.31. The summed E-state index contributed by atoms with van der Waals surface area (Å²) in [5, 5.41) is 7.51. The Morgan fingerprint density at radius 2 is 1.61 bits per heavy atom. The zero-order valence-corrected chi connectivity index (χ0v) is 19.8. The van der Waals surface area contributed by atoms with E-state index < -0.39 is 0 Å². The quantitative estimate of drug-likeness (QED) is 0.712. The fourth-order valence-corrected chi connectivity index (χ4v) is 4.98. The first-order chi connectivity index (χ1) is 16.0. The van der Waals surface area contributed by atoms with E-state index in [4.69, 9.17) is 14.2 Å². The van der Waals surface area contributed by atoms with Crippen LogP contribution < -0.4 is 25.2 Å². The van der Waals surface area contributed by atoms with Crippen LogP contribution in [0.2, 0.25) is 0 Å². The molecule has 10 heteroatoms. The summed E-state index contributed by atoms with van der Waals surface area (Å²) in [5.74, 6) is 2.48. The van der Waals surface area contributed by atoms with Crippen molar-refractivity contribution < 1.29 is 19.0 Å². The number of amides is 2. The van der Waals surface area contributed by atoms with Gasteiger partial charge in [0.25, 0.3) is 0 Å². The summed E-state index contributed by atoms with van der Waals surface area (Å²) in [6.07, 6.45) is 5.93. The molecular formula is C23H33N5O5. The van der Waals surface area contributed by atoms with Crippen molar-refractivity contribution in [1.82, 2.24) is 19.2 Å². The average molecular weight is 460 g/mol. The van der Waals surface area contributed by atoms with E-state index in [1.807, 2.05) is 4.57 Å². The van der Waals surface area contributed by atoms with Gasteiger partial charge in [-0.05, 0) is 25.7 Å². The van der Waals surface area contributed by atoms with Gasteiger partial charge in [0, 0.05) is 44.2 Å². The normalized spacial score (nSPS) is 17.3. The number of benzene rings is 1. The molecule has 2 aliphatic rings. The van der Waals surface area contributed by atoms with Crippen LogP contribution in [0, 0.1) is 0 Å². The first-order valence-electron chi connectivity index (χ1n) is 11.5. The Bertz CT molecular complexity index is 1020. The Kier molecular flexibility index (Phi) is 6.80. The van der Waals surface area contributed by atoms with Crippen LogP contribution in [-0.4, -0.2) is 59.7 Å². The molecule has 10 nitrogen and oxygen atoms in total. The lowest BCUT2D eigenvalue weighted by Gasteiger charge is -2.32. The maximum absolute atomic E-state index is 12.9. The number of aryl methyl sites for hydroxylation is 1. The fourth-order valence-electron chi connectivity index (χ4n) is 4.98. The minimum absolute atomic E-state index is 0.0283. The van der Waals surface area contributed by atoms with Crippen molar-refractivity contribution >= 4 is 11.7 Å². The van der Waals surface area contributed by atoms with E-state index in [0.717, 1.165) is 44.3 Å². The van der Waals surface area contributed by atoms with E-state index in [1.54, 1.807) is 24.1 Å². The minimum atomic E-state index is -0.183. The van der Waals surface area contributed by atoms with Gasteiger partial charge in [0.15, 0.2) is 11.5 Å². The molecule has 1 aliphatic carbocycles. The van der Waals surface area contributed by atoms with Gasteiger partial charge in [0.05, 0.1) is 27.0 Å². The van der Waals surface area contributed by atoms with Crippen LogP contribution in [0.1, 0.15) is 56.3 Å². The van der Waals surface area contributed by atoms with Crippen molar-refractivity contribution in [2.45, 2.75) is 50.5 Å². The summed E-state index contributed by atoms with van der Waals surface area (Å²) in [4.78, 5) is 27.4. The lowest BCUT2D eigenvalue weighted by atomic mass is 9.95. The highest BCUT2D eigenvalue weighted by Crippen LogP contribution is 2.40. The van der Waals surface area contributed by atoms with Crippen LogP contribution >= 0.6 is 0 Å². The van der Waals surface area contributed by atoms with Crippen molar-refractivity contribution in [3.05, 3.63) is 28.4 Å². The van der Waals surface area contributed by atoms with E-state index >= 15 is 0 Å². The SMILES string of the molecule is COc1cc(NC(=O)N2CCC(c3nn(C)c(=O)n3C3CCCC3)CC2)cc(OC)c1OC. The monoisotopic (exact) mass is 459 g/mol. The number of likely N-dealkylation sites (tertiary alicyclic amines) is 1. The number of anilines is 1. The van der Waals surface area contributed by atoms with Gasteiger partial charge in [-0.2, -0.15) is 5.10 Å². The summed E-state index contributed by atoms with van der Waals surface area (Å²) in [6.45, 7) is 1.19. The summed E-state index contributed by atoms with van der Waals surface area (Å²) in [5.41, 5.74) is 0.538. The molecule has 1 aromatic heterocycles. The number of aromatic nitrogens is 3. The fraction of sp³-hybridized carbons (Fsp3) is 0.609. The predicted molar refractivity (Wildman–Crippen MR) is 124 cm³/mol. The molecule has 0 spiro atoms. The predicted octanol–water partition coefficient (Wildman–Crippen LogP) is 3.13.